The number of ether oxygens (including phenoxy) is 1. The number of fused-ring (bicyclic) bond motifs is 1. The Morgan fingerprint density at radius 1 is 1.53 bits per heavy atom. The zero-order valence-corrected chi connectivity index (χ0v) is 11.8. The van der Waals surface area contributed by atoms with Gasteiger partial charge < -0.3 is 14.6 Å². The molecule has 0 radical (unpaired) electrons. The highest BCUT2D eigenvalue weighted by Gasteiger charge is 2.26. The highest BCUT2D eigenvalue weighted by atomic mass is 79.9. The van der Waals surface area contributed by atoms with Gasteiger partial charge in [0.15, 0.2) is 5.69 Å². The number of carbonyl (C=O) groups is 1. The van der Waals surface area contributed by atoms with Crippen LogP contribution in [0.3, 0.4) is 0 Å². The fourth-order valence-corrected chi connectivity index (χ4v) is 2.32. The molecule has 0 aromatic carbocycles. The standard InChI is InChI=1S/C11H16BrN3O2/c1-11(2,3)17-10(16)8-9(12)15-5-4-13-6-7(15)14-8/h13H,4-6H2,1-3H3. The smallest absolute Gasteiger partial charge is 0.360 e. The molecule has 6 heteroatoms. The van der Waals surface area contributed by atoms with E-state index in [0.29, 0.717) is 16.8 Å². The van der Waals surface area contributed by atoms with Gasteiger partial charge in [-0.1, -0.05) is 0 Å². The minimum absolute atomic E-state index is 0.360. The van der Waals surface area contributed by atoms with Gasteiger partial charge in [-0.2, -0.15) is 0 Å². The average molecular weight is 302 g/mol. The Kier molecular flexibility index (Phi) is 3.27. The zero-order valence-electron chi connectivity index (χ0n) is 10.2. The fourth-order valence-electron chi connectivity index (χ4n) is 1.69. The van der Waals surface area contributed by atoms with Gasteiger partial charge in [-0.3, -0.25) is 0 Å². The predicted octanol–water partition coefficient (Wildman–Crippen LogP) is 1.70. The van der Waals surface area contributed by atoms with Gasteiger partial charge in [-0.25, -0.2) is 9.78 Å². The van der Waals surface area contributed by atoms with Crippen LogP contribution in [0.4, 0.5) is 0 Å². The maximum absolute atomic E-state index is 12.0. The molecule has 0 atom stereocenters. The van der Waals surface area contributed by atoms with E-state index in [2.05, 4.69) is 26.2 Å². The molecule has 0 spiro atoms. The van der Waals surface area contributed by atoms with E-state index in [9.17, 15) is 4.79 Å². The largest absolute Gasteiger partial charge is 0.455 e. The summed E-state index contributed by atoms with van der Waals surface area (Å²) in [6, 6.07) is 0. The monoisotopic (exact) mass is 301 g/mol. The van der Waals surface area contributed by atoms with E-state index >= 15 is 0 Å². The van der Waals surface area contributed by atoms with Gasteiger partial charge >= 0.3 is 5.97 Å². The maximum atomic E-state index is 12.0. The number of rotatable bonds is 1. The van der Waals surface area contributed by atoms with E-state index in [0.717, 1.165) is 18.9 Å². The highest BCUT2D eigenvalue weighted by molar-refractivity contribution is 9.10. The van der Waals surface area contributed by atoms with Gasteiger partial charge in [0, 0.05) is 13.1 Å². The van der Waals surface area contributed by atoms with Crippen LogP contribution in [0, 0.1) is 0 Å². The molecule has 0 unspecified atom stereocenters. The van der Waals surface area contributed by atoms with Gasteiger partial charge in [-0.15, -0.1) is 0 Å². The van der Waals surface area contributed by atoms with Crippen molar-refractivity contribution in [2.75, 3.05) is 6.54 Å². The Morgan fingerprint density at radius 3 is 2.82 bits per heavy atom. The molecule has 1 aliphatic heterocycles. The molecule has 1 aromatic rings. The number of aromatic nitrogens is 2. The van der Waals surface area contributed by atoms with E-state index in [1.54, 1.807) is 0 Å². The normalized spacial score (nSPS) is 15.5. The minimum Gasteiger partial charge on any atom is -0.455 e. The van der Waals surface area contributed by atoms with Crippen molar-refractivity contribution in [2.45, 2.75) is 39.5 Å². The van der Waals surface area contributed by atoms with Crippen molar-refractivity contribution in [1.82, 2.24) is 14.9 Å². The summed E-state index contributed by atoms with van der Waals surface area (Å²) in [7, 11) is 0. The second kappa shape index (κ2) is 4.42. The third-order valence-corrected chi connectivity index (χ3v) is 3.18. The van der Waals surface area contributed by atoms with E-state index in [1.807, 2.05) is 25.3 Å². The summed E-state index contributed by atoms with van der Waals surface area (Å²) in [6.45, 7) is 7.91. The van der Waals surface area contributed by atoms with Crippen LogP contribution >= 0.6 is 15.9 Å². The lowest BCUT2D eigenvalue weighted by molar-refractivity contribution is 0.00620. The van der Waals surface area contributed by atoms with Crippen molar-refractivity contribution in [3.05, 3.63) is 16.1 Å². The van der Waals surface area contributed by atoms with Gasteiger partial charge in [0.05, 0.1) is 6.54 Å². The number of halogens is 1. The first kappa shape index (κ1) is 12.6. The van der Waals surface area contributed by atoms with Gasteiger partial charge in [-0.05, 0) is 36.7 Å². The second-order valence-electron chi connectivity index (χ2n) is 5.00. The first-order valence-electron chi connectivity index (χ1n) is 5.57. The summed E-state index contributed by atoms with van der Waals surface area (Å²) in [6.07, 6.45) is 0. The van der Waals surface area contributed by atoms with Crippen molar-refractivity contribution in [3.63, 3.8) is 0 Å². The molecule has 94 valence electrons. The van der Waals surface area contributed by atoms with Gasteiger partial charge in [0.25, 0.3) is 0 Å². The molecule has 2 rings (SSSR count). The predicted molar refractivity (Wildman–Crippen MR) is 66.8 cm³/mol. The van der Waals surface area contributed by atoms with Crippen LogP contribution in [0.1, 0.15) is 37.1 Å². The number of esters is 1. The summed E-state index contributed by atoms with van der Waals surface area (Å²) < 4.78 is 8.02. The minimum atomic E-state index is -0.501. The first-order valence-corrected chi connectivity index (χ1v) is 6.37. The Bertz CT molecular complexity index is 448. The molecular formula is C11H16BrN3O2. The topological polar surface area (TPSA) is 56.1 Å². The van der Waals surface area contributed by atoms with Crippen molar-refractivity contribution >= 4 is 21.9 Å². The number of nitrogens with zero attached hydrogens (tertiary/aromatic N) is 2. The SMILES string of the molecule is CC(C)(C)OC(=O)c1nc2n(c1Br)CCNC2. The number of nitrogens with one attached hydrogen (secondary N) is 1. The maximum Gasteiger partial charge on any atom is 0.360 e. The highest BCUT2D eigenvalue weighted by Crippen LogP contribution is 2.23. The Labute approximate surface area is 109 Å². The van der Waals surface area contributed by atoms with Crippen molar-refractivity contribution < 1.29 is 9.53 Å². The molecule has 0 bridgehead atoms. The summed E-state index contributed by atoms with van der Waals surface area (Å²) in [5, 5.41) is 3.21. The Balaban J connectivity index is 2.27. The van der Waals surface area contributed by atoms with Crippen LogP contribution < -0.4 is 5.32 Å². The lowest BCUT2D eigenvalue weighted by Gasteiger charge is -2.18. The summed E-state index contributed by atoms with van der Waals surface area (Å²) in [5.74, 6) is 0.482. The summed E-state index contributed by atoms with van der Waals surface area (Å²) >= 11 is 3.42. The molecule has 17 heavy (non-hydrogen) atoms. The summed E-state index contributed by atoms with van der Waals surface area (Å²) in [5.41, 5.74) is -0.141. The number of hydrogen-bond acceptors (Lipinski definition) is 4. The number of imidazole rings is 1. The molecule has 0 saturated heterocycles. The molecule has 0 amide bonds. The number of carbonyl (C=O) groups excluding carboxylic acids is 1. The van der Waals surface area contributed by atoms with Crippen molar-refractivity contribution in [2.24, 2.45) is 0 Å². The van der Waals surface area contributed by atoms with E-state index < -0.39 is 5.60 Å². The molecular weight excluding hydrogens is 286 g/mol. The lowest BCUT2D eigenvalue weighted by atomic mass is 10.2. The van der Waals surface area contributed by atoms with Crippen LogP contribution in [0.25, 0.3) is 0 Å². The second-order valence-corrected chi connectivity index (χ2v) is 5.75. The molecule has 1 aromatic heterocycles. The zero-order chi connectivity index (χ0) is 12.6. The molecule has 1 N–H and O–H groups in total. The van der Waals surface area contributed by atoms with Gasteiger partial charge in [0.2, 0.25) is 0 Å². The van der Waals surface area contributed by atoms with Crippen molar-refractivity contribution in [1.29, 1.82) is 0 Å². The Hall–Kier alpha value is -0.880. The number of hydrogen-bond donors (Lipinski definition) is 1. The Morgan fingerprint density at radius 2 is 2.24 bits per heavy atom. The molecule has 0 fully saturated rings. The van der Waals surface area contributed by atoms with Crippen LogP contribution in [0.5, 0.6) is 0 Å². The third kappa shape index (κ3) is 2.69. The van der Waals surface area contributed by atoms with Gasteiger partial charge in [0.1, 0.15) is 16.0 Å². The average Bonchev–Trinajstić information content (AvgIpc) is 2.55. The van der Waals surface area contributed by atoms with Crippen LogP contribution in [-0.2, 0) is 17.8 Å². The van der Waals surface area contributed by atoms with E-state index in [1.165, 1.54) is 0 Å². The first-order chi connectivity index (χ1) is 7.88. The molecule has 5 nitrogen and oxygen atoms in total. The molecule has 1 aliphatic rings. The summed E-state index contributed by atoms with van der Waals surface area (Å²) in [4.78, 5) is 16.3. The third-order valence-electron chi connectivity index (χ3n) is 2.37. The molecule has 0 aliphatic carbocycles. The lowest BCUT2D eigenvalue weighted by Crippen LogP contribution is -2.28. The molecule has 2 heterocycles. The van der Waals surface area contributed by atoms with Crippen LogP contribution in [0.2, 0.25) is 0 Å². The quantitative estimate of drug-likeness (QED) is 0.802. The van der Waals surface area contributed by atoms with E-state index in [4.69, 9.17) is 4.74 Å². The van der Waals surface area contributed by atoms with Crippen molar-refractivity contribution in [3.8, 4) is 0 Å². The van der Waals surface area contributed by atoms with E-state index in [-0.39, 0.29) is 5.97 Å². The van der Waals surface area contributed by atoms with Crippen LogP contribution in [-0.4, -0.2) is 27.7 Å². The fraction of sp³-hybridized carbons (Fsp3) is 0.636. The van der Waals surface area contributed by atoms with Crippen LogP contribution in [0.15, 0.2) is 4.60 Å². The molecule has 0 saturated carbocycles.